The van der Waals surface area contributed by atoms with Crippen molar-refractivity contribution in [3.8, 4) is 5.75 Å². The van der Waals surface area contributed by atoms with E-state index < -0.39 is 6.04 Å². The van der Waals surface area contributed by atoms with E-state index in [4.69, 9.17) is 16.3 Å². The molecule has 0 spiro atoms. The number of halogens is 1. The van der Waals surface area contributed by atoms with E-state index in [0.717, 1.165) is 0 Å². The number of carbonyl (C=O) groups excluding carboxylic acids is 3. The molecule has 0 aromatic heterocycles. The molecule has 4 rings (SSSR count). The smallest absolute Gasteiger partial charge is 0.256 e. The first kappa shape index (κ1) is 19.3. The Morgan fingerprint density at radius 3 is 2.69 bits per heavy atom. The molecule has 1 saturated heterocycles. The average Bonchev–Trinajstić information content (AvgIpc) is 2.82. The fraction of sp³-hybridized carbons (Fsp3) is 0.286. The van der Waals surface area contributed by atoms with E-state index in [1.807, 2.05) is 0 Å². The maximum atomic E-state index is 12.9. The summed E-state index contributed by atoms with van der Waals surface area (Å²) in [5, 5.41) is 6.22. The molecular weight excluding hydrogens is 394 g/mol. The zero-order chi connectivity index (χ0) is 20.5. The molecule has 150 valence electrons. The van der Waals surface area contributed by atoms with Crippen LogP contribution in [0.3, 0.4) is 0 Å². The van der Waals surface area contributed by atoms with Crippen LogP contribution in [-0.2, 0) is 4.79 Å². The summed E-state index contributed by atoms with van der Waals surface area (Å²) in [6, 6.07) is 10.8. The number of benzene rings is 2. The number of fused-ring (bicyclic) bond motifs is 2. The van der Waals surface area contributed by atoms with Gasteiger partial charge in [-0.3, -0.25) is 14.4 Å². The number of nitrogens with zero attached hydrogens (tertiary/aromatic N) is 1. The number of hydrogen-bond donors (Lipinski definition) is 2. The molecule has 3 amide bonds. The quantitative estimate of drug-likeness (QED) is 0.809. The second-order valence-electron chi connectivity index (χ2n) is 7.12. The molecule has 2 atom stereocenters. The van der Waals surface area contributed by atoms with Gasteiger partial charge in [0.05, 0.1) is 18.4 Å². The molecule has 7 nitrogen and oxygen atoms in total. The summed E-state index contributed by atoms with van der Waals surface area (Å²) in [4.78, 5) is 39.8. The minimum atomic E-state index is -0.649. The summed E-state index contributed by atoms with van der Waals surface area (Å²) in [6.45, 7) is 0.381. The summed E-state index contributed by atoms with van der Waals surface area (Å²) in [6.07, 6.45) is 0.918. The Balaban J connectivity index is 1.49. The van der Waals surface area contributed by atoms with E-state index in [-0.39, 0.29) is 23.8 Å². The van der Waals surface area contributed by atoms with E-state index in [1.54, 1.807) is 54.5 Å². The second-order valence-corrected chi connectivity index (χ2v) is 7.55. The molecule has 29 heavy (non-hydrogen) atoms. The average molecular weight is 414 g/mol. The molecule has 0 bridgehead atoms. The highest BCUT2D eigenvalue weighted by Crippen LogP contribution is 2.30. The van der Waals surface area contributed by atoms with Crippen LogP contribution >= 0.6 is 11.6 Å². The van der Waals surface area contributed by atoms with Gasteiger partial charge in [-0.1, -0.05) is 11.6 Å². The number of amides is 3. The molecule has 0 aliphatic carbocycles. The standard InChI is InChI=1S/C21H20ClN3O4/c1-29-15-5-2-12(3-6-15)19(26)23-14-8-9-25-18(11-14)20(27)24-17-10-13(22)4-7-16(17)21(25)28/h2-7,10,14,18H,8-9,11H2,1H3,(H,23,26)(H,24,27)/t14-,18-/m0/s1. The summed E-state index contributed by atoms with van der Waals surface area (Å²) >= 11 is 6.00. The molecule has 2 heterocycles. The van der Waals surface area contributed by atoms with Crippen molar-refractivity contribution in [2.75, 3.05) is 19.0 Å². The third kappa shape index (κ3) is 3.78. The van der Waals surface area contributed by atoms with Crippen LogP contribution in [0.5, 0.6) is 5.75 Å². The van der Waals surface area contributed by atoms with Gasteiger partial charge in [-0.25, -0.2) is 0 Å². The van der Waals surface area contributed by atoms with Crippen molar-refractivity contribution in [1.29, 1.82) is 0 Å². The van der Waals surface area contributed by atoms with E-state index in [9.17, 15) is 14.4 Å². The number of nitrogens with one attached hydrogen (secondary N) is 2. The van der Waals surface area contributed by atoms with Crippen molar-refractivity contribution < 1.29 is 19.1 Å². The molecule has 2 aliphatic heterocycles. The van der Waals surface area contributed by atoms with Crippen LogP contribution in [0.2, 0.25) is 5.02 Å². The SMILES string of the molecule is COc1ccc(C(=O)N[C@H]2CCN3C(=O)c4ccc(Cl)cc4NC(=O)[C@@H]3C2)cc1. The molecular formula is C21H20ClN3O4. The van der Waals surface area contributed by atoms with Gasteiger partial charge in [0.15, 0.2) is 0 Å². The number of hydrogen-bond acceptors (Lipinski definition) is 4. The van der Waals surface area contributed by atoms with E-state index in [2.05, 4.69) is 10.6 Å². The van der Waals surface area contributed by atoms with Gasteiger partial charge >= 0.3 is 0 Å². The Hall–Kier alpha value is -3.06. The summed E-state index contributed by atoms with van der Waals surface area (Å²) in [5.41, 5.74) is 1.35. The number of rotatable bonds is 3. The molecule has 2 aromatic carbocycles. The van der Waals surface area contributed by atoms with E-state index >= 15 is 0 Å². The minimum Gasteiger partial charge on any atom is -0.497 e. The highest BCUT2D eigenvalue weighted by atomic mass is 35.5. The van der Waals surface area contributed by atoms with Crippen LogP contribution in [0.4, 0.5) is 5.69 Å². The van der Waals surface area contributed by atoms with Gasteiger partial charge < -0.3 is 20.3 Å². The maximum absolute atomic E-state index is 12.9. The van der Waals surface area contributed by atoms with Crippen molar-refractivity contribution in [3.63, 3.8) is 0 Å². The second kappa shape index (κ2) is 7.75. The van der Waals surface area contributed by atoms with Crippen LogP contribution in [-0.4, -0.2) is 48.4 Å². The van der Waals surface area contributed by atoms with Gasteiger partial charge in [-0.2, -0.15) is 0 Å². The monoisotopic (exact) mass is 413 g/mol. The Bertz CT molecular complexity index is 976. The first-order chi connectivity index (χ1) is 14.0. The number of ether oxygens (including phenoxy) is 1. The summed E-state index contributed by atoms with van der Waals surface area (Å²) in [5.74, 6) is -0.0348. The Morgan fingerprint density at radius 1 is 1.21 bits per heavy atom. The molecule has 0 saturated carbocycles. The third-order valence-corrected chi connectivity index (χ3v) is 5.56. The molecule has 8 heteroatoms. The van der Waals surface area contributed by atoms with Crippen molar-refractivity contribution in [2.24, 2.45) is 0 Å². The van der Waals surface area contributed by atoms with Crippen LogP contribution in [0.25, 0.3) is 0 Å². The van der Waals surface area contributed by atoms with Crippen molar-refractivity contribution in [1.82, 2.24) is 10.2 Å². The Kier molecular flexibility index (Phi) is 5.15. The first-order valence-corrected chi connectivity index (χ1v) is 9.70. The number of piperidine rings is 1. The predicted octanol–water partition coefficient (Wildman–Crippen LogP) is 2.70. The lowest BCUT2D eigenvalue weighted by Crippen LogP contribution is -2.55. The van der Waals surface area contributed by atoms with E-state index in [1.165, 1.54) is 0 Å². The summed E-state index contributed by atoms with van der Waals surface area (Å²) < 4.78 is 5.10. The molecule has 1 fully saturated rings. The van der Waals surface area contributed by atoms with E-state index in [0.29, 0.717) is 47.0 Å². The lowest BCUT2D eigenvalue weighted by molar-refractivity contribution is -0.121. The van der Waals surface area contributed by atoms with Gasteiger partial charge in [0.1, 0.15) is 11.8 Å². The molecule has 2 N–H and O–H groups in total. The van der Waals surface area contributed by atoms with Gasteiger partial charge in [0.2, 0.25) is 5.91 Å². The number of carbonyl (C=O) groups is 3. The minimum absolute atomic E-state index is 0.208. The molecule has 2 aliphatic rings. The Labute approximate surface area is 173 Å². The third-order valence-electron chi connectivity index (χ3n) is 5.32. The fourth-order valence-electron chi connectivity index (χ4n) is 3.78. The zero-order valence-corrected chi connectivity index (χ0v) is 16.5. The summed E-state index contributed by atoms with van der Waals surface area (Å²) in [7, 11) is 1.56. The van der Waals surface area contributed by atoms with Gasteiger partial charge in [0.25, 0.3) is 11.8 Å². The topological polar surface area (TPSA) is 87.7 Å². The molecule has 0 unspecified atom stereocenters. The zero-order valence-electron chi connectivity index (χ0n) is 15.8. The highest BCUT2D eigenvalue weighted by molar-refractivity contribution is 6.31. The van der Waals surface area contributed by atoms with Crippen molar-refractivity contribution in [3.05, 3.63) is 58.6 Å². The number of anilines is 1. The normalized spacial score (nSPS) is 20.8. The lowest BCUT2D eigenvalue weighted by Gasteiger charge is -2.37. The van der Waals surface area contributed by atoms with Gasteiger partial charge in [0, 0.05) is 23.2 Å². The van der Waals surface area contributed by atoms with Crippen LogP contribution in [0.15, 0.2) is 42.5 Å². The van der Waals surface area contributed by atoms with Crippen molar-refractivity contribution >= 4 is 35.0 Å². The Morgan fingerprint density at radius 2 is 1.97 bits per heavy atom. The van der Waals surface area contributed by atoms with Crippen LogP contribution < -0.4 is 15.4 Å². The van der Waals surface area contributed by atoms with Gasteiger partial charge in [-0.15, -0.1) is 0 Å². The molecule has 2 aromatic rings. The maximum Gasteiger partial charge on any atom is 0.256 e. The van der Waals surface area contributed by atoms with Gasteiger partial charge in [-0.05, 0) is 55.3 Å². The van der Waals surface area contributed by atoms with Crippen LogP contribution in [0, 0.1) is 0 Å². The first-order valence-electron chi connectivity index (χ1n) is 9.32. The number of methoxy groups -OCH3 is 1. The van der Waals surface area contributed by atoms with Crippen LogP contribution in [0.1, 0.15) is 33.6 Å². The lowest BCUT2D eigenvalue weighted by atomic mass is 9.95. The predicted molar refractivity (Wildman–Crippen MR) is 108 cm³/mol. The fourth-order valence-corrected chi connectivity index (χ4v) is 3.95. The highest BCUT2D eigenvalue weighted by Gasteiger charge is 2.40. The van der Waals surface area contributed by atoms with Crippen molar-refractivity contribution in [2.45, 2.75) is 24.9 Å². The largest absolute Gasteiger partial charge is 0.497 e. The molecule has 0 radical (unpaired) electrons.